The third-order valence-corrected chi connectivity index (χ3v) is 3.68. The van der Waals surface area contributed by atoms with Gasteiger partial charge < -0.3 is 5.11 Å². The van der Waals surface area contributed by atoms with Crippen LogP contribution in [0.25, 0.3) is 23.2 Å². The number of carboxylic acids is 1. The quantitative estimate of drug-likeness (QED) is 0.706. The molecule has 0 unspecified atom stereocenters. The van der Waals surface area contributed by atoms with Gasteiger partial charge in [0.25, 0.3) is 0 Å². The molecule has 0 atom stereocenters. The Labute approximate surface area is 151 Å². The van der Waals surface area contributed by atoms with Crippen LogP contribution < -0.4 is 0 Å². The summed E-state index contributed by atoms with van der Waals surface area (Å²) in [5.41, 5.74) is 0.0729. The van der Waals surface area contributed by atoms with E-state index in [1.165, 1.54) is 35.7 Å². The summed E-state index contributed by atoms with van der Waals surface area (Å²) >= 11 is 0. The Morgan fingerprint density at radius 1 is 1.26 bits per heavy atom. The topological polar surface area (TPSA) is 85.8 Å². The van der Waals surface area contributed by atoms with Gasteiger partial charge in [-0.15, -0.1) is 5.10 Å². The maximum absolute atomic E-state index is 13.0. The highest BCUT2D eigenvalue weighted by molar-refractivity contribution is 6.19. The Morgan fingerprint density at radius 2 is 2.00 bits per heavy atom. The van der Waals surface area contributed by atoms with Crippen LogP contribution in [-0.2, 0) is 18.0 Å². The Hall–Kier alpha value is -3.43. The highest BCUT2D eigenvalue weighted by Gasteiger charge is 2.31. The predicted molar refractivity (Wildman–Crippen MR) is 90.2 cm³/mol. The average molecular weight is 377 g/mol. The minimum atomic E-state index is -4.49. The second kappa shape index (κ2) is 6.71. The number of nitrogens with zero attached hydrogens (tertiary/aromatic N) is 5. The first kappa shape index (κ1) is 18.4. The number of alkyl halides is 3. The van der Waals surface area contributed by atoms with Crippen LogP contribution in [0.1, 0.15) is 16.7 Å². The summed E-state index contributed by atoms with van der Waals surface area (Å²) in [4.78, 5) is 15.5. The lowest BCUT2D eigenvalue weighted by Crippen LogP contribution is -2.05. The summed E-state index contributed by atoms with van der Waals surface area (Å²) in [6, 6.07) is 3.51. The van der Waals surface area contributed by atoms with Crippen LogP contribution in [0.3, 0.4) is 0 Å². The molecule has 0 aliphatic carbocycles. The van der Waals surface area contributed by atoms with Crippen molar-refractivity contribution < 1.29 is 23.1 Å². The summed E-state index contributed by atoms with van der Waals surface area (Å²) in [6.45, 7) is 1.54. The number of rotatable bonds is 4. The van der Waals surface area contributed by atoms with Crippen LogP contribution in [0.4, 0.5) is 13.2 Å². The van der Waals surface area contributed by atoms with E-state index in [4.69, 9.17) is 0 Å². The molecule has 3 rings (SSSR count). The minimum Gasteiger partial charge on any atom is -0.478 e. The van der Waals surface area contributed by atoms with Crippen molar-refractivity contribution in [1.82, 2.24) is 24.5 Å². The zero-order valence-electron chi connectivity index (χ0n) is 14.3. The molecule has 1 N–H and O–H groups in total. The molecule has 0 fully saturated rings. The third-order valence-electron chi connectivity index (χ3n) is 3.68. The largest absolute Gasteiger partial charge is 0.478 e. The fourth-order valence-electron chi connectivity index (χ4n) is 2.49. The molecule has 0 spiro atoms. The summed E-state index contributed by atoms with van der Waals surface area (Å²) < 4.78 is 41.6. The van der Waals surface area contributed by atoms with Crippen LogP contribution in [-0.4, -0.2) is 35.6 Å². The lowest BCUT2D eigenvalue weighted by molar-refractivity contribution is -0.137. The van der Waals surface area contributed by atoms with Gasteiger partial charge in [0.15, 0.2) is 5.82 Å². The van der Waals surface area contributed by atoms with Gasteiger partial charge in [0, 0.05) is 30.6 Å². The van der Waals surface area contributed by atoms with Gasteiger partial charge in [-0.25, -0.2) is 14.5 Å². The molecule has 27 heavy (non-hydrogen) atoms. The van der Waals surface area contributed by atoms with E-state index < -0.39 is 17.7 Å². The van der Waals surface area contributed by atoms with Gasteiger partial charge in [0.1, 0.15) is 6.33 Å². The molecule has 0 aliphatic rings. The van der Waals surface area contributed by atoms with Crippen molar-refractivity contribution in [2.45, 2.75) is 13.1 Å². The zero-order chi connectivity index (χ0) is 19.8. The number of halogens is 3. The number of aliphatic carboxylic acids is 1. The van der Waals surface area contributed by atoms with Crippen LogP contribution in [0.2, 0.25) is 0 Å². The first-order valence-electron chi connectivity index (χ1n) is 7.68. The van der Waals surface area contributed by atoms with Gasteiger partial charge in [-0.2, -0.15) is 18.3 Å². The molecule has 2 aromatic heterocycles. The first-order valence-corrected chi connectivity index (χ1v) is 7.68. The standard InChI is InChI=1S/C17H14F3N5O2/c1-10-3-11(5-13(4-10)17(18,19)20)15-21-9-25(23-15)8-14(16(26)27)12-6-22-24(2)7-12/h3-9H,1-2H3,(H,26,27)/b14-8-. The molecule has 3 aromatic rings. The highest BCUT2D eigenvalue weighted by Crippen LogP contribution is 2.32. The molecule has 0 saturated carbocycles. The zero-order valence-corrected chi connectivity index (χ0v) is 14.3. The maximum Gasteiger partial charge on any atom is 0.416 e. The lowest BCUT2D eigenvalue weighted by atomic mass is 10.1. The van der Waals surface area contributed by atoms with Crippen LogP contribution >= 0.6 is 0 Å². The maximum atomic E-state index is 13.0. The monoisotopic (exact) mass is 377 g/mol. The number of carbonyl (C=O) groups is 1. The average Bonchev–Trinajstić information content (AvgIpc) is 3.20. The first-order chi connectivity index (χ1) is 12.6. The van der Waals surface area contributed by atoms with E-state index in [1.807, 2.05) is 0 Å². The van der Waals surface area contributed by atoms with Gasteiger partial charge in [0.05, 0.1) is 17.3 Å². The summed E-state index contributed by atoms with van der Waals surface area (Å²) in [5, 5.41) is 17.4. The molecule has 1 aromatic carbocycles. The van der Waals surface area contributed by atoms with Crippen molar-refractivity contribution in [3.63, 3.8) is 0 Å². The fraction of sp³-hybridized carbons (Fsp3) is 0.176. The van der Waals surface area contributed by atoms with Crippen LogP contribution in [0, 0.1) is 6.92 Å². The Bertz CT molecular complexity index is 1030. The van der Waals surface area contributed by atoms with Crippen molar-refractivity contribution in [2.75, 3.05) is 0 Å². The Kier molecular flexibility index (Phi) is 4.56. The molecule has 0 saturated heterocycles. The number of carboxylic acid groups (broad SMARTS) is 1. The summed E-state index contributed by atoms with van der Waals surface area (Å²) in [7, 11) is 1.65. The Morgan fingerprint density at radius 3 is 2.59 bits per heavy atom. The smallest absolute Gasteiger partial charge is 0.416 e. The van der Waals surface area contributed by atoms with Crippen molar-refractivity contribution in [2.24, 2.45) is 7.05 Å². The van der Waals surface area contributed by atoms with E-state index in [1.54, 1.807) is 14.0 Å². The van der Waals surface area contributed by atoms with Crippen molar-refractivity contribution in [1.29, 1.82) is 0 Å². The Balaban J connectivity index is 1.99. The lowest BCUT2D eigenvalue weighted by Gasteiger charge is -2.09. The highest BCUT2D eigenvalue weighted by atomic mass is 19.4. The molecule has 2 heterocycles. The number of aromatic nitrogens is 5. The number of hydrogen-bond acceptors (Lipinski definition) is 4. The van der Waals surface area contributed by atoms with Crippen LogP contribution in [0.15, 0.2) is 36.9 Å². The van der Waals surface area contributed by atoms with Gasteiger partial charge in [-0.3, -0.25) is 4.68 Å². The predicted octanol–water partition coefficient (Wildman–Crippen LogP) is 3.09. The van der Waals surface area contributed by atoms with Crippen LogP contribution in [0.5, 0.6) is 0 Å². The van der Waals surface area contributed by atoms with Crippen molar-refractivity contribution >= 4 is 17.7 Å². The fourth-order valence-corrected chi connectivity index (χ4v) is 2.49. The van der Waals surface area contributed by atoms with Gasteiger partial charge in [0.2, 0.25) is 0 Å². The number of hydrogen-bond donors (Lipinski definition) is 1. The van der Waals surface area contributed by atoms with E-state index in [-0.39, 0.29) is 17.0 Å². The third kappa shape index (κ3) is 4.05. The van der Waals surface area contributed by atoms with Gasteiger partial charge in [-0.05, 0) is 30.7 Å². The SMILES string of the molecule is Cc1cc(-c2ncn(/C=C(\C(=O)O)c3cnn(C)c3)n2)cc(C(F)(F)F)c1. The van der Waals surface area contributed by atoms with Gasteiger partial charge in [-0.1, -0.05) is 0 Å². The normalized spacial score (nSPS) is 12.4. The molecule has 0 aliphatic heterocycles. The molecule has 10 heteroatoms. The number of benzene rings is 1. The van der Waals surface area contributed by atoms with E-state index in [9.17, 15) is 23.1 Å². The minimum absolute atomic E-state index is 0.0522. The molecule has 7 nitrogen and oxygen atoms in total. The molecule has 0 bridgehead atoms. The second-order valence-electron chi connectivity index (χ2n) is 5.88. The summed E-state index contributed by atoms with van der Waals surface area (Å²) in [5.74, 6) is -1.15. The molecular formula is C17H14F3N5O2. The van der Waals surface area contributed by atoms with E-state index in [0.717, 1.165) is 16.8 Å². The van der Waals surface area contributed by atoms with E-state index in [2.05, 4.69) is 15.2 Å². The number of aryl methyl sites for hydroxylation is 2. The van der Waals surface area contributed by atoms with Gasteiger partial charge >= 0.3 is 12.1 Å². The molecule has 140 valence electrons. The van der Waals surface area contributed by atoms with Crippen molar-refractivity contribution in [3.05, 3.63) is 53.6 Å². The second-order valence-corrected chi connectivity index (χ2v) is 5.88. The summed E-state index contributed by atoms with van der Waals surface area (Å²) in [6.07, 6.45) is 0.864. The molecule has 0 radical (unpaired) electrons. The molecule has 0 amide bonds. The molecular weight excluding hydrogens is 363 g/mol. The van der Waals surface area contributed by atoms with Crippen molar-refractivity contribution in [3.8, 4) is 11.4 Å². The van der Waals surface area contributed by atoms with E-state index >= 15 is 0 Å². The van der Waals surface area contributed by atoms with E-state index in [0.29, 0.717) is 11.1 Å².